The van der Waals surface area contributed by atoms with Crippen LogP contribution in [0.3, 0.4) is 0 Å². The molecule has 0 atom stereocenters. The summed E-state index contributed by atoms with van der Waals surface area (Å²) in [4.78, 5) is 30.2. The lowest BCUT2D eigenvalue weighted by Gasteiger charge is -2.00. The first-order valence-corrected chi connectivity index (χ1v) is 6.86. The molecule has 10 heteroatoms. The molecular formula is C13H16N10. The fraction of sp³-hybridized carbons (Fsp3) is 0.231. The Morgan fingerprint density at radius 2 is 1.83 bits per heavy atom. The highest BCUT2D eigenvalue weighted by Crippen LogP contribution is 2.16. The number of nitrogen functional groups attached to an aromatic ring is 1. The number of aromatic amines is 2. The highest BCUT2D eigenvalue weighted by Gasteiger charge is 2.07. The molecule has 4 heterocycles. The van der Waals surface area contributed by atoms with Crippen LogP contribution in [0.1, 0.15) is 11.6 Å². The van der Waals surface area contributed by atoms with Crippen molar-refractivity contribution < 1.29 is 0 Å². The van der Waals surface area contributed by atoms with Crippen LogP contribution in [0.2, 0.25) is 0 Å². The second kappa shape index (κ2) is 5.83. The van der Waals surface area contributed by atoms with Crippen molar-refractivity contribution >= 4 is 34.0 Å². The van der Waals surface area contributed by atoms with Crippen LogP contribution in [0.15, 0.2) is 12.7 Å². The van der Waals surface area contributed by atoms with Gasteiger partial charge in [-0.2, -0.15) is 0 Å². The van der Waals surface area contributed by atoms with E-state index >= 15 is 0 Å². The van der Waals surface area contributed by atoms with Crippen LogP contribution in [0.5, 0.6) is 0 Å². The Balaban J connectivity index is 0.000000140. The molecule has 0 saturated carbocycles. The van der Waals surface area contributed by atoms with Gasteiger partial charge in [0.25, 0.3) is 0 Å². The predicted octanol–water partition coefficient (Wildman–Crippen LogP) is 0.947. The molecule has 0 bridgehead atoms. The number of hydrogen-bond acceptors (Lipinski definition) is 8. The molecular weight excluding hydrogens is 296 g/mol. The monoisotopic (exact) mass is 312 g/mol. The van der Waals surface area contributed by atoms with Crippen molar-refractivity contribution in [1.29, 1.82) is 0 Å². The van der Waals surface area contributed by atoms with E-state index in [1.165, 1.54) is 12.7 Å². The van der Waals surface area contributed by atoms with E-state index in [1.807, 2.05) is 20.9 Å². The van der Waals surface area contributed by atoms with Crippen molar-refractivity contribution in [2.45, 2.75) is 13.8 Å². The number of H-pyrrole nitrogens is 2. The minimum absolute atomic E-state index is 0.433. The Hall–Kier alpha value is -3.30. The molecule has 118 valence electrons. The largest absolute Gasteiger partial charge is 0.382 e. The number of aryl methyl sites for hydroxylation is 2. The summed E-state index contributed by atoms with van der Waals surface area (Å²) < 4.78 is 0. The molecule has 4 aromatic heterocycles. The maximum absolute atomic E-state index is 5.48. The Bertz CT molecular complexity index is 954. The fourth-order valence-corrected chi connectivity index (χ4v) is 2.09. The van der Waals surface area contributed by atoms with Gasteiger partial charge < -0.3 is 21.0 Å². The molecule has 0 amide bonds. The molecule has 0 fully saturated rings. The van der Waals surface area contributed by atoms with Crippen LogP contribution < -0.4 is 11.1 Å². The van der Waals surface area contributed by atoms with Crippen LogP contribution >= 0.6 is 0 Å². The zero-order valence-corrected chi connectivity index (χ0v) is 12.9. The molecule has 0 aliphatic heterocycles. The van der Waals surface area contributed by atoms with E-state index < -0.39 is 0 Å². The number of imidazole rings is 2. The highest BCUT2D eigenvalue weighted by molar-refractivity contribution is 5.82. The summed E-state index contributed by atoms with van der Waals surface area (Å²) in [5.74, 6) is 2.81. The zero-order chi connectivity index (χ0) is 16.4. The minimum Gasteiger partial charge on any atom is -0.382 e. The van der Waals surface area contributed by atoms with Gasteiger partial charge in [-0.1, -0.05) is 0 Å². The number of hydrogen-bond donors (Lipinski definition) is 4. The summed E-state index contributed by atoms with van der Waals surface area (Å²) in [5.41, 5.74) is 8.36. The lowest BCUT2D eigenvalue weighted by molar-refractivity contribution is 1.08. The Kier molecular flexibility index (Phi) is 3.71. The third-order valence-corrected chi connectivity index (χ3v) is 3.07. The molecule has 4 rings (SSSR count). The molecule has 23 heavy (non-hydrogen) atoms. The molecule has 10 nitrogen and oxygen atoms in total. The van der Waals surface area contributed by atoms with Gasteiger partial charge in [0, 0.05) is 7.05 Å². The van der Waals surface area contributed by atoms with Crippen LogP contribution in [-0.4, -0.2) is 46.9 Å². The van der Waals surface area contributed by atoms with Crippen molar-refractivity contribution in [3.05, 3.63) is 24.3 Å². The van der Waals surface area contributed by atoms with Crippen LogP contribution in [0.25, 0.3) is 22.3 Å². The van der Waals surface area contributed by atoms with E-state index in [0.717, 1.165) is 23.0 Å². The fourth-order valence-electron chi connectivity index (χ4n) is 2.09. The standard InChI is InChI=1S/C8H11N5.C5H5N5/c1-4-10-6-7(9-3)11-5(2)13-8(6)12-4;6-4-3-5(9-1-7-3)10-2-8-4/h1-3H3,(H2,9,10,11,12,13);1-2H,(H3,6,7,8,9,10). The number of nitrogens with two attached hydrogens (primary N) is 1. The first-order valence-electron chi connectivity index (χ1n) is 6.86. The molecule has 0 saturated heterocycles. The number of aromatic nitrogens is 8. The number of fused-ring (bicyclic) bond motifs is 2. The lowest BCUT2D eigenvalue weighted by Crippen LogP contribution is -1.97. The predicted molar refractivity (Wildman–Crippen MR) is 86.8 cm³/mol. The van der Waals surface area contributed by atoms with Crippen molar-refractivity contribution in [1.82, 2.24) is 39.9 Å². The van der Waals surface area contributed by atoms with Crippen LogP contribution in [-0.2, 0) is 0 Å². The molecule has 0 radical (unpaired) electrons. The highest BCUT2D eigenvalue weighted by atomic mass is 15.1. The Morgan fingerprint density at radius 3 is 2.57 bits per heavy atom. The van der Waals surface area contributed by atoms with E-state index in [9.17, 15) is 0 Å². The van der Waals surface area contributed by atoms with Gasteiger partial charge in [-0.15, -0.1) is 0 Å². The number of anilines is 2. The summed E-state index contributed by atoms with van der Waals surface area (Å²) in [6.45, 7) is 3.75. The van der Waals surface area contributed by atoms with Gasteiger partial charge in [0.05, 0.1) is 6.33 Å². The molecule has 0 aliphatic carbocycles. The first kappa shape index (κ1) is 14.6. The van der Waals surface area contributed by atoms with Crippen LogP contribution in [0.4, 0.5) is 11.6 Å². The van der Waals surface area contributed by atoms with Gasteiger partial charge in [0.2, 0.25) is 0 Å². The van der Waals surface area contributed by atoms with E-state index in [1.54, 1.807) is 0 Å². The second-order valence-corrected chi connectivity index (χ2v) is 4.75. The summed E-state index contributed by atoms with van der Waals surface area (Å²) in [6, 6.07) is 0. The Labute approximate surface area is 131 Å². The lowest BCUT2D eigenvalue weighted by atomic mass is 10.5. The summed E-state index contributed by atoms with van der Waals surface area (Å²) in [7, 11) is 1.83. The van der Waals surface area contributed by atoms with E-state index in [-0.39, 0.29) is 0 Å². The summed E-state index contributed by atoms with van der Waals surface area (Å²) >= 11 is 0. The summed E-state index contributed by atoms with van der Waals surface area (Å²) in [6.07, 6.45) is 2.92. The third kappa shape index (κ3) is 2.86. The molecule has 0 aliphatic rings. The molecule has 4 aromatic rings. The van der Waals surface area contributed by atoms with Gasteiger partial charge >= 0.3 is 0 Å². The molecule has 0 aromatic carbocycles. The average Bonchev–Trinajstić information content (AvgIpc) is 3.13. The van der Waals surface area contributed by atoms with Gasteiger partial charge in [0.1, 0.15) is 29.0 Å². The van der Waals surface area contributed by atoms with Crippen molar-refractivity contribution in [2.75, 3.05) is 18.1 Å². The van der Waals surface area contributed by atoms with Crippen LogP contribution in [0, 0.1) is 13.8 Å². The molecule has 0 spiro atoms. The average molecular weight is 312 g/mol. The zero-order valence-electron chi connectivity index (χ0n) is 12.9. The number of nitrogens with zero attached hydrogens (tertiary/aromatic N) is 6. The van der Waals surface area contributed by atoms with Gasteiger partial charge in [0.15, 0.2) is 22.9 Å². The van der Waals surface area contributed by atoms with Gasteiger partial charge in [-0.05, 0) is 13.8 Å². The number of rotatable bonds is 1. The van der Waals surface area contributed by atoms with E-state index in [4.69, 9.17) is 5.73 Å². The third-order valence-electron chi connectivity index (χ3n) is 3.07. The smallest absolute Gasteiger partial charge is 0.183 e. The van der Waals surface area contributed by atoms with Crippen molar-refractivity contribution in [3.63, 3.8) is 0 Å². The number of nitrogens with one attached hydrogen (secondary N) is 3. The van der Waals surface area contributed by atoms with Crippen molar-refractivity contribution in [2.24, 2.45) is 0 Å². The maximum Gasteiger partial charge on any atom is 0.183 e. The van der Waals surface area contributed by atoms with Crippen molar-refractivity contribution in [3.8, 4) is 0 Å². The van der Waals surface area contributed by atoms with E-state index in [0.29, 0.717) is 22.6 Å². The molecule has 5 N–H and O–H groups in total. The quantitative estimate of drug-likeness (QED) is 0.406. The Morgan fingerprint density at radius 1 is 1.00 bits per heavy atom. The molecule has 0 unspecified atom stereocenters. The maximum atomic E-state index is 5.48. The first-order chi connectivity index (χ1) is 11.1. The van der Waals surface area contributed by atoms with E-state index in [2.05, 4.69) is 45.2 Å². The SMILES string of the molecule is CNc1nc(C)nc2nc(C)[nH]c12.Nc1ncnc2nc[nH]c12. The topological polar surface area (TPSA) is 147 Å². The minimum atomic E-state index is 0.433. The normalized spacial score (nSPS) is 10.6. The summed E-state index contributed by atoms with van der Waals surface area (Å²) in [5, 5.41) is 3.00. The van der Waals surface area contributed by atoms with Gasteiger partial charge in [-0.25, -0.2) is 29.9 Å². The van der Waals surface area contributed by atoms with Gasteiger partial charge in [-0.3, -0.25) is 0 Å². The second-order valence-electron chi connectivity index (χ2n) is 4.75.